The number of benzene rings is 1. The number of imidazole rings is 1. The van der Waals surface area contributed by atoms with Gasteiger partial charge in [-0.25, -0.2) is 4.98 Å². The topological polar surface area (TPSA) is 62.3 Å². The second-order valence-corrected chi connectivity index (χ2v) is 5.48. The van der Waals surface area contributed by atoms with Gasteiger partial charge in [-0.2, -0.15) is 0 Å². The molecule has 0 saturated heterocycles. The van der Waals surface area contributed by atoms with Crippen LogP contribution in [-0.2, 0) is 16.0 Å². The Balaban J connectivity index is 2.08. The summed E-state index contributed by atoms with van der Waals surface area (Å²) in [6.45, 7) is 7.25. The van der Waals surface area contributed by atoms with E-state index in [1.54, 1.807) is 7.11 Å². The molecule has 0 bridgehead atoms. The highest BCUT2D eigenvalue weighted by molar-refractivity contribution is 5.79. The Morgan fingerprint density at radius 1 is 1.24 bits per heavy atom. The molecule has 1 aromatic heterocycles. The Hall–Kier alpha value is -1.59. The van der Waals surface area contributed by atoms with Gasteiger partial charge in [-0.3, -0.25) is 0 Å². The van der Waals surface area contributed by atoms with Crippen molar-refractivity contribution >= 4 is 16.7 Å². The Morgan fingerprint density at radius 2 is 2.05 bits per heavy atom. The zero-order valence-electron chi connectivity index (χ0n) is 13.1. The van der Waals surface area contributed by atoms with Crippen molar-refractivity contribution in [2.75, 3.05) is 32.7 Å². The molecule has 5 nitrogen and oxygen atoms in total. The van der Waals surface area contributed by atoms with Crippen LogP contribution in [0.25, 0.3) is 11.0 Å². The van der Waals surface area contributed by atoms with Gasteiger partial charge in [0, 0.05) is 31.9 Å². The van der Waals surface area contributed by atoms with E-state index in [1.807, 2.05) is 12.1 Å². The van der Waals surface area contributed by atoms with Gasteiger partial charge in [-0.05, 0) is 24.6 Å². The first kappa shape index (κ1) is 15.8. The Labute approximate surface area is 126 Å². The molecule has 0 unspecified atom stereocenters. The first-order valence-corrected chi connectivity index (χ1v) is 7.46. The van der Waals surface area contributed by atoms with Gasteiger partial charge in [0.25, 0.3) is 0 Å². The Bertz CT molecular complexity index is 578. The van der Waals surface area contributed by atoms with Gasteiger partial charge < -0.3 is 19.8 Å². The maximum Gasteiger partial charge on any atom is 0.112 e. The number of nitrogens with zero attached hydrogens (tertiary/aromatic N) is 2. The molecule has 1 heterocycles. The molecule has 0 atom stereocenters. The normalized spacial score (nSPS) is 11.6. The molecule has 5 heteroatoms. The molecule has 1 aromatic carbocycles. The number of rotatable bonds is 8. The number of nitrogen functional groups attached to an aromatic ring is 1. The highest BCUT2D eigenvalue weighted by atomic mass is 16.5. The summed E-state index contributed by atoms with van der Waals surface area (Å²) >= 11 is 0. The SMILES string of the molecule is COCCOCCCn1c(C(C)C)nc2cc(N)ccc21. The summed E-state index contributed by atoms with van der Waals surface area (Å²) in [5.41, 5.74) is 8.72. The lowest BCUT2D eigenvalue weighted by Gasteiger charge is -2.11. The van der Waals surface area contributed by atoms with Crippen molar-refractivity contribution in [2.24, 2.45) is 0 Å². The van der Waals surface area contributed by atoms with E-state index in [4.69, 9.17) is 20.2 Å². The third kappa shape index (κ3) is 3.95. The summed E-state index contributed by atoms with van der Waals surface area (Å²) in [5, 5.41) is 0. The minimum atomic E-state index is 0.382. The van der Waals surface area contributed by atoms with E-state index in [2.05, 4.69) is 24.5 Å². The molecule has 2 aromatic rings. The van der Waals surface area contributed by atoms with Gasteiger partial charge in [0.1, 0.15) is 5.82 Å². The van der Waals surface area contributed by atoms with Gasteiger partial charge in [0.05, 0.1) is 24.2 Å². The molecule has 21 heavy (non-hydrogen) atoms. The second kappa shape index (κ2) is 7.43. The fourth-order valence-electron chi connectivity index (χ4n) is 2.41. The van der Waals surface area contributed by atoms with Crippen LogP contribution in [0.4, 0.5) is 5.69 Å². The third-order valence-electron chi connectivity index (χ3n) is 3.42. The molecule has 0 aliphatic carbocycles. The first-order valence-electron chi connectivity index (χ1n) is 7.46. The summed E-state index contributed by atoms with van der Waals surface area (Å²) in [6.07, 6.45) is 0.958. The summed E-state index contributed by atoms with van der Waals surface area (Å²) in [4.78, 5) is 4.72. The lowest BCUT2D eigenvalue weighted by Crippen LogP contribution is -2.09. The van der Waals surface area contributed by atoms with E-state index >= 15 is 0 Å². The third-order valence-corrected chi connectivity index (χ3v) is 3.42. The van der Waals surface area contributed by atoms with Crippen molar-refractivity contribution < 1.29 is 9.47 Å². The predicted molar refractivity (Wildman–Crippen MR) is 85.5 cm³/mol. The van der Waals surface area contributed by atoms with Crippen LogP contribution in [0.5, 0.6) is 0 Å². The van der Waals surface area contributed by atoms with E-state index in [1.165, 1.54) is 0 Å². The van der Waals surface area contributed by atoms with Crippen LogP contribution in [0.1, 0.15) is 32.0 Å². The van der Waals surface area contributed by atoms with Crippen LogP contribution in [0.2, 0.25) is 0 Å². The average molecular weight is 291 g/mol. The van der Waals surface area contributed by atoms with E-state index in [0.717, 1.165) is 42.1 Å². The second-order valence-electron chi connectivity index (χ2n) is 5.48. The Morgan fingerprint density at radius 3 is 2.76 bits per heavy atom. The molecule has 2 N–H and O–H groups in total. The number of aryl methyl sites for hydroxylation is 1. The first-order chi connectivity index (χ1) is 10.1. The van der Waals surface area contributed by atoms with Gasteiger partial charge in [0.15, 0.2) is 0 Å². The van der Waals surface area contributed by atoms with E-state index in [-0.39, 0.29) is 0 Å². The highest BCUT2D eigenvalue weighted by Crippen LogP contribution is 2.23. The van der Waals surface area contributed by atoms with Crippen molar-refractivity contribution in [3.8, 4) is 0 Å². The number of fused-ring (bicyclic) bond motifs is 1. The number of aromatic nitrogens is 2. The maximum absolute atomic E-state index is 5.85. The van der Waals surface area contributed by atoms with Crippen LogP contribution in [0, 0.1) is 0 Å². The summed E-state index contributed by atoms with van der Waals surface area (Å²) in [5.74, 6) is 1.49. The lowest BCUT2D eigenvalue weighted by molar-refractivity contribution is 0.0680. The van der Waals surface area contributed by atoms with Crippen LogP contribution >= 0.6 is 0 Å². The summed E-state index contributed by atoms with van der Waals surface area (Å²) in [6, 6.07) is 5.92. The van der Waals surface area contributed by atoms with Crippen LogP contribution in [0.15, 0.2) is 18.2 Å². The molecule has 0 spiro atoms. The predicted octanol–water partition coefficient (Wildman–Crippen LogP) is 2.80. The zero-order valence-corrected chi connectivity index (χ0v) is 13.1. The molecular formula is C16H25N3O2. The molecule has 0 aliphatic rings. The molecule has 0 saturated carbocycles. The van der Waals surface area contributed by atoms with Crippen molar-refractivity contribution in [1.29, 1.82) is 0 Å². The molecular weight excluding hydrogens is 266 g/mol. The van der Waals surface area contributed by atoms with Gasteiger partial charge in [-0.15, -0.1) is 0 Å². The van der Waals surface area contributed by atoms with Gasteiger partial charge in [0.2, 0.25) is 0 Å². The van der Waals surface area contributed by atoms with Gasteiger partial charge in [-0.1, -0.05) is 13.8 Å². The van der Waals surface area contributed by atoms with Crippen LogP contribution < -0.4 is 5.73 Å². The number of hydrogen-bond acceptors (Lipinski definition) is 4. The van der Waals surface area contributed by atoms with Crippen molar-refractivity contribution in [3.05, 3.63) is 24.0 Å². The van der Waals surface area contributed by atoms with E-state index < -0.39 is 0 Å². The van der Waals surface area contributed by atoms with Crippen molar-refractivity contribution in [1.82, 2.24) is 9.55 Å². The molecule has 0 fully saturated rings. The number of methoxy groups -OCH3 is 1. The van der Waals surface area contributed by atoms with E-state index in [0.29, 0.717) is 19.1 Å². The standard InChI is InChI=1S/C16H25N3O2/c1-12(2)16-18-14-11-13(17)5-6-15(14)19(16)7-4-8-21-10-9-20-3/h5-6,11-12H,4,7-10,17H2,1-3H3. The lowest BCUT2D eigenvalue weighted by atomic mass is 10.2. The number of nitrogens with two attached hydrogens (primary N) is 1. The van der Waals surface area contributed by atoms with Crippen molar-refractivity contribution in [2.45, 2.75) is 32.7 Å². The van der Waals surface area contributed by atoms with Crippen LogP contribution in [-0.4, -0.2) is 36.5 Å². The molecule has 2 rings (SSSR count). The molecule has 0 radical (unpaired) electrons. The Kier molecular flexibility index (Phi) is 5.59. The largest absolute Gasteiger partial charge is 0.399 e. The number of hydrogen-bond donors (Lipinski definition) is 1. The smallest absolute Gasteiger partial charge is 0.112 e. The monoisotopic (exact) mass is 291 g/mol. The fraction of sp³-hybridized carbons (Fsp3) is 0.562. The molecule has 116 valence electrons. The number of anilines is 1. The van der Waals surface area contributed by atoms with Crippen molar-refractivity contribution in [3.63, 3.8) is 0 Å². The van der Waals surface area contributed by atoms with Gasteiger partial charge >= 0.3 is 0 Å². The van der Waals surface area contributed by atoms with E-state index in [9.17, 15) is 0 Å². The quantitative estimate of drug-likeness (QED) is 0.600. The summed E-state index contributed by atoms with van der Waals surface area (Å²) in [7, 11) is 1.68. The molecule has 0 amide bonds. The molecule has 0 aliphatic heterocycles. The minimum Gasteiger partial charge on any atom is -0.399 e. The maximum atomic E-state index is 5.85. The number of ether oxygens (including phenoxy) is 2. The highest BCUT2D eigenvalue weighted by Gasteiger charge is 2.13. The average Bonchev–Trinajstić information content (AvgIpc) is 2.80. The minimum absolute atomic E-state index is 0.382. The van der Waals surface area contributed by atoms with Crippen LogP contribution in [0.3, 0.4) is 0 Å². The summed E-state index contributed by atoms with van der Waals surface area (Å²) < 4.78 is 12.8. The fourth-order valence-corrected chi connectivity index (χ4v) is 2.41. The zero-order chi connectivity index (χ0) is 15.2.